The lowest BCUT2D eigenvalue weighted by molar-refractivity contribution is -0.132. The maximum atomic E-state index is 13.2. The Balaban J connectivity index is 1.43. The second-order valence-corrected chi connectivity index (χ2v) is 10.5. The first-order chi connectivity index (χ1) is 15.3. The summed E-state index contributed by atoms with van der Waals surface area (Å²) in [5, 5.41) is 2.64. The van der Waals surface area contributed by atoms with E-state index in [9.17, 15) is 18.0 Å². The van der Waals surface area contributed by atoms with Crippen LogP contribution in [0.2, 0.25) is 0 Å². The van der Waals surface area contributed by atoms with E-state index < -0.39 is 10.0 Å². The second-order valence-electron chi connectivity index (χ2n) is 8.55. The van der Waals surface area contributed by atoms with Gasteiger partial charge in [-0.25, -0.2) is 8.42 Å². The maximum Gasteiger partial charge on any atom is 0.243 e. The molecule has 1 N–H and O–H groups in total. The summed E-state index contributed by atoms with van der Waals surface area (Å²) in [5.74, 6) is 0.282. The van der Waals surface area contributed by atoms with Crippen molar-refractivity contribution >= 4 is 27.5 Å². The van der Waals surface area contributed by atoms with E-state index >= 15 is 0 Å². The van der Waals surface area contributed by atoms with E-state index in [1.165, 1.54) is 19.1 Å². The molecule has 2 aromatic rings. The molecule has 0 spiro atoms. The first kappa shape index (κ1) is 22.4. The SMILES string of the molecule is CC(=O)Nc1ccc(S(=O)(=O)N2CC[C@H]3CC(=O)N(Cc4cccnc4)CC[C@H]3C2)cc1. The van der Waals surface area contributed by atoms with Gasteiger partial charge in [0.15, 0.2) is 0 Å². The number of aromatic nitrogens is 1. The number of hydrogen-bond acceptors (Lipinski definition) is 5. The molecule has 0 aliphatic carbocycles. The summed E-state index contributed by atoms with van der Waals surface area (Å²) >= 11 is 0. The van der Waals surface area contributed by atoms with Crippen molar-refractivity contribution in [3.63, 3.8) is 0 Å². The molecule has 3 heterocycles. The molecule has 4 rings (SSSR count). The van der Waals surface area contributed by atoms with Crippen LogP contribution < -0.4 is 5.32 Å². The van der Waals surface area contributed by atoms with Crippen LogP contribution in [0, 0.1) is 11.8 Å². The van der Waals surface area contributed by atoms with E-state index in [1.807, 2.05) is 17.0 Å². The molecular weight excluding hydrogens is 428 g/mol. The zero-order valence-corrected chi connectivity index (χ0v) is 18.9. The summed E-state index contributed by atoms with van der Waals surface area (Å²) in [6, 6.07) is 10.1. The maximum absolute atomic E-state index is 13.2. The molecule has 0 unspecified atom stereocenters. The lowest BCUT2D eigenvalue weighted by Gasteiger charge is -2.36. The van der Waals surface area contributed by atoms with Gasteiger partial charge in [0, 0.05) is 57.6 Å². The highest BCUT2D eigenvalue weighted by molar-refractivity contribution is 7.89. The van der Waals surface area contributed by atoms with Crippen molar-refractivity contribution in [3.05, 3.63) is 54.4 Å². The third kappa shape index (κ3) is 4.99. The molecule has 2 atom stereocenters. The fraction of sp³-hybridized carbons (Fsp3) is 0.435. The number of nitrogens with one attached hydrogen (secondary N) is 1. The average Bonchev–Trinajstić information content (AvgIpc) is 2.92. The van der Waals surface area contributed by atoms with Gasteiger partial charge in [-0.05, 0) is 60.6 Å². The molecule has 2 aliphatic rings. The van der Waals surface area contributed by atoms with Crippen LogP contribution in [-0.2, 0) is 26.2 Å². The van der Waals surface area contributed by atoms with Gasteiger partial charge in [0.2, 0.25) is 21.8 Å². The van der Waals surface area contributed by atoms with Gasteiger partial charge in [-0.15, -0.1) is 0 Å². The van der Waals surface area contributed by atoms with Crippen LogP contribution in [0.4, 0.5) is 5.69 Å². The minimum absolute atomic E-state index is 0.131. The van der Waals surface area contributed by atoms with Crippen molar-refractivity contribution in [3.8, 4) is 0 Å². The number of anilines is 1. The summed E-state index contributed by atoms with van der Waals surface area (Å²) in [7, 11) is -3.63. The molecule has 0 bridgehead atoms. The third-order valence-corrected chi connectivity index (χ3v) is 8.20. The summed E-state index contributed by atoms with van der Waals surface area (Å²) in [6.45, 7) is 3.40. The number of carbonyl (C=O) groups is 2. The van der Waals surface area contributed by atoms with Gasteiger partial charge >= 0.3 is 0 Å². The van der Waals surface area contributed by atoms with Crippen molar-refractivity contribution in [1.82, 2.24) is 14.2 Å². The first-order valence-electron chi connectivity index (χ1n) is 10.9. The van der Waals surface area contributed by atoms with Gasteiger partial charge in [-0.2, -0.15) is 4.31 Å². The number of carbonyl (C=O) groups excluding carboxylic acids is 2. The highest BCUT2D eigenvalue weighted by Crippen LogP contribution is 2.35. The van der Waals surface area contributed by atoms with Crippen molar-refractivity contribution < 1.29 is 18.0 Å². The van der Waals surface area contributed by atoms with E-state index in [0.29, 0.717) is 44.7 Å². The zero-order valence-electron chi connectivity index (χ0n) is 18.1. The van der Waals surface area contributed by atoms with Crippen LogP contribution in [0.25, 0.3) is 0 Å². The van der Waals surface area contributed by atoms with E-state index in [-0.39, 0.29) is 28.5 Å². The lowest BCUT2D eigenvalue weighted by atomic mass is 9.83. The Kier molecular flexibility index (Phi) is 6.57. The molecule has 170 valence electrons. The van der Waals surface area contributed by atoms with Crippen LogP contribution in [0.1, 0.15) is 31.7 Å². The van der Waals surface area contributed by atoms with Gasteiger partial charge in [-0.3, -0.25) is 14.6 Å². The van der Waals surface area contributed by atoms with Crippen molar-refractivity contribution in [1.29, 1.82) is 0 Å². The summed E-state index contributed by atoms with van der Waals surface area (Å²) in [6.07, 6.45) is 5.41. The molecule has 2 fully saturated rings. The van der Waals surface area contributed by atoms with Gasteiger partial charge in [0.25, 0.3) is 0 Å². The molecule has 0 radical (unpaired) electrons. The number of benzene rings is 1. The quantitative estimate of drug-likeness (QED) is 0.745. The summed E-state index contributed by atoms with van der Waals surface area (Å²) < 4.78 is 28.0. The number of nitrogens with zero attached hydrogens (tertiary/aromatic N) is 3. The predicted molar refractivity (Wildman–Crippen MR) is 120 cm³/mol. The molecule has 2 saturated heterocycles. The Morgan fingerprint density at radius 1 is 1.12 bits per heavy atom. The molecule has 32 heavy (non-hydrogen) atoms. The van der Waals surface area contributed by atoms with Crippen LogP contribution in [0.5, 0.6) is 0 Å². The fourth-order valence-corrected chi connectivity index (χ4v) is 6.11. The molecule has 2 amide bonds. The molecule has 1 aromatic carbocycles. The van der Waals surface area contributed by atoms with E-state index in [2.05, 4.69) is 10.3 Å². The van der Waals surface area contributed by atoms with Gasteiger partial charge < -0.3 is 10.2 Å². The smallest absolute Gasteiger partial charge is 0.243 e. The molecule has 0 saturated carbocycles. The van der Waals surface area contributed by atoms with Crippen molar-refractivity contribution in [2.75, 3.05) is 25.0 Å². The second kappa shape index (κ2) is 9.38. The number of fused-ring (bicyclic) bond motifs is 1. The third-order valence-electron chi connectivity index (χ3n) is 6.32. The fourth-order valence-electron chi connectivity index (χ4n) is 4.60. The highest BCUT2D eigenvalue weighted by atomic mass is 32.2. The Hall–Kier alpha value is -2.78. The summed E-state index contributed by atoms with van der Waals surface area (Å²) in [4.78, 5) is 30.2. The minimum atomic E-state index is -3.63. The number of piperidine rings is 1. The van der Waals surface area contributed by atoms with Crippen molar-refractivity contribution in [2.45, 2.75) is 37.6 Å². The lowest BCUT2D eigenvalue weighted by Crippen LogP contribution is -2.43. The van der Waals surface area contributed by atoms with Gasteiger partial charge in [0.1, 0.15) is 0 Å². The normalized spacial score (nSPS) is 22.2. The predicted octanol–water partition coefficient (Wildman–Crippen LogP) is 2.49. The van der Waals surface area contributed by atoms with Crippen LogP contribution in [0.3, 0.4) is 0 Å². The first-order valence-corrected chi connectivity index (χ1v) is 12.3. The van der Waals surface area contributed by atoms with Crippen LogP contribution in [-0.4, -0.2) is 54.1 Å². The number of amides is 2. The zero-order chi connectivity index (χ0) is 22.7. The van der Waals surface area contributed by atoms with Crippen molar-refractivity contribution in [2.24, 2.45) is 11.8 Å². The Labute approximate surface area is 188 Å². The van der Waals surface area contributed by atoms with Crippen LogP contribution in [0.15, 0.2) is 53.7 Å². The van der Waals surface area contributed by atoms with E-state index in [4.69, 9.17) is 0 Å². The minimum Gasteiger partial charge on any atom is -0.338 e. The largest absolute Gasteiger partial charge is 0.338 e. The Morgan fingerprint density at radius 3 is 2.56 bits per heavy atom. The monoisotopic (exact) mass is 456 g/mol. The van der Waals surface area contributed by atoms with E-state index in [0.717, 1.165) is 12.0 Å². The average molecular weight is 457 g/mol. The van der Waals surface area contributed by atoms with E-state index in [1.54, 1.807) is 28.8 Å². The highest BCUT2D eigenvalue weighted by Gasteiger charge is 2.38. The number of pyridine rings is 1. The standard InChI is InChI=1S/C23H28N4O4S/c1-17(28)25-21-4-6-22(7-5-21)32(30,31)27-12-9-19-13-23(29)26(11-8-20(19)16-27)15-18-3-2-10-24-14-18/h2-7,10,14,19-20H,8-9,11-13,15-16H2,1H3,(H,25,28)/t19-,20-/m0/s1. The number of hydrogen-bond donors (Lipinski definition) is 1. The summed E-state index contributed by atoms with van der Waals surface area (Å²) in [5.41, 5.74) is 1.56. The number of rotatable bonds is 5. The Morgan fingerprint density at radius 2 is 1.88 bits per heavy atom. The van der Waals surface area contributed by atoms with Crippen LogP contribution >= 0.6 is 0 Å². The molecule has 2 aliphatic heterocycles. The molecule has 9 heteroatoms. The topological polar surface area (TPSA) is 99.7 Å². The molecule has 8 nitrogen and oxygen atoms in total. The number of likely N-dealkylation sites (tertiary alicyclic amines) is 1. The molecule has 1 aromatic heterocycles. The van der Waals surface area contributed by atoms with Gasteiger partial charge in [0.05, 0.1) is 4.90 Å². The van der Waals surface area contributed by atoms with Gasteiger partial charge in [-0.1, -0.05) is 6.07 Å². The Bertz CT molecular complexity index is 1070. The number of sulfonamides is 1. The molecular formula is C23H28N4O4S.